The molecule has 0 saturated carbocycles. The molecule has 1 atom stereocenters. The van der Waals surface area contributed by atoms with E-state index in [0.29, 0.717) is 17.2 Å². The first-order valence-electron chi connectivity index (χ1n) is 12.0. The molecular weight excluding hydrogens is 478 g/mol. The highest BCUT2D eigenvalue weighted by molar-refractivity contribution is 7.89. The zero-order valence-electron chi connectivity index (χ0n) is 20.7. The Morgan fingerprint density at radius 1 is 1.14 bits per heavy atom. The lowest BCUT2D eigenvalue weighted by atomic mass is 9.68. The number of para-hydroxylation sites is 1. The van der Waals surface area contributed by atoms with E-state index in [1.54, 1.807) is 0 Å². The molecule has 0 radical (unpaired) electrons. The maximum absolute atomic E-state index is 13.4. The Morgan fingerprint density at radius 3 is 2.50 bits per heavy atom. The van der Waals surface area contributed by atoms with Gasteiger partial charge in [0.2, 0.25) is 10.0 Å². The second-order valence-electron chi connectivity index (χ2n) is 9.90. The van der Waals surface area contributed by atoms with Gasteiger partial charge in [0.05, 0.1) is 16.0 Å². The van der Waals surface area contributed by atoms with Gasteiger partial charge in [-0.25, -0.2) is 18.4 Å². The topological polar surface area (TPSA) is 128 Å². The van der Waals surface area contributed by atoms with Gasteiger partial charge in [-0.05, 0) is 66.5 Å². The molecule has 36 heavy (non-hydrogen) atoms. The Morgan fingerprint density at radius 2 is 1.83 bits per heavy atom. The number of ether oxygens (including phenoxy) is 1. The fraction of sp³-hybridized carbons (Fsp3) is 0.370. The predicted octanol–water partition coefficient (Wildman–Crippen LogP) is 4.22. The third-order valence-electron chi connectivity index (χ3n) is 7.28. The Hall–Kier alpha value is -3.30. The summed E-state index contributed by atoms with van der Waals surface area (Å²) in [6.07, 6.45) is 3.58. The number of primary sulfonamides is 1. The third kappa shape index (κ3) is 5.42. The summed E-state index contributed by atoms with van der Waals surface area (Å²) in [5, 5.41) is 8.41. The minimum atomic E-state index is -3.83. The number of benzene rings is 2. The van der Waals surface area contributed by atoms with Gasteiger partial charge in [0, 0.05) is 16.8 Å². The number of nitrogens with zero attached hydrogens (tertiary/aromatic N) is 1. The second kappa shape index (κ2) is 9.99. The lowest BCUT2D eigenvalue weighted by molar-refractivity contribution is -0.119. The van der Waals surface area contributed by atoms with E-state index in [2.05, 4.69) is 26.1 Å². The van der Waals surface area contributed by atoms with Crippen LogP contribution in [0.4, 0.5) is 5.69 Å². The van der Waals surface area contributed by atoms with Crippen molar-refractivity contribution >= 4 is 38.5 Å². The molecule has 9 heteroatoms. The molecule has 190 valence electrons. The summed E-state index contributed by atoms with van der Waals surface area (Å²) >= 11 is 0. The van der Waals surface area contributed by atoms with Crippen LogP contribution in [-0.2, 0) is 32.4 Å². The predicted molar refractivity (Wildman–Crippen MR) is 138 cm³/mol. The van der Waals surface area contributed by atoms with Crippen LogP contribution in [0.15, 0.2) is 53.4 Å². The number of pyridine rings is 1. The first-order chi connectivity index (χ1) is 17.0. The van der Waals surface area contributed by atoms with Gasteiger partial charge in [0.25, 0.3) is 5.91 Å². The highest BCUT2D eigenvalue weighted by atomic mass is 32.2. The van der Waals surface area contributed by atoms with Crippen molar-refractivity contribution < 1.29 is 22.7 Å². The normalized spacial score (nSPS) is 15.8. The van der Waals surface area contributed by atoms with Crippen molar-refractivity contribution in [3.05, 3.63) is 65.4 Å². The summed E-state index contributed by atoms with van der Waals surface area (Å²) in [6, 6.07) is 12.9. The van der Waals surface area contributed by atoms with Crippen LogP contribution < -0.4 is 10.5 Å². The van der Waals surface area contributed by atoms with Crippen LogP contribution in [0.1, 0.15) is 55.2 Å². The summed E-state index contributed by atoms with van der Waals surface area (Å²) in [5.74, 6) is -0.684. The minimum absolute atomic E-state index is 0.0641. The number of esters is 1. The van der Waals surface area contributed by atoms with Crippen molar-refractivity contribution in [2.24, 2.45) is 16.5 Å². The monoisotopic (exact) mass is 509 g/mol. The van der Waals surface area contributed by atoms with Gasteiger partial charge >= 0.3 is 5.97 Å². The zero-order valence-corrected chi connectivity index (χ0v) is 21.5. The van der Waals surface area contributed by atoms with Gasteiger partial charge in [-0.1, -0.05) is 45.4 Å². The van der Waals surface area contributed by atoms with Crippen molar-refractivity contribution in [2.45, 2.75) is 51.3 Å². The first kappa shape index (κ1) is 25.8. The van der Waals surface area contributed by atoms with Gasteiger partial charge in [-0.2, -0.15) is 0 Å². The number of fused-ring (bicyclic) bond motifs is 2. The molecule has 0 fully saturated rings. The van der Waals surface area contributed by atoms with E-state index in [4.69, 9.17) is 14.9 Å². The molecule has 0 bridgehead atoms. The van der Waals surface area contributed by atoms with E-state index in [1.165, 1.54) is 24.3 Å². The number of amides is 1. The summed E-state index contributed by atoms with van der Waals surface area (Å²) in [5.41, 5.74) is 3.54. The van der Waals surface area contributed by atoms with Crippen LogP contribution in [0.25, 0.3) is 10.9 Å². The van der Waals surface area contributed by atoms with Gasteiger partial charge in [0.15, 0.2) is 6.61 Å². The largest absolute Gasteiger partial charge is 0.452 e. The summed E-state index contributed by atoms with van der Waals surface area (Å²) < 4.78 is 28.3. The number of sulfonamides is 1. The number of nitrogens with one attached hydrogen (secondary N) is 1. The van der Waals surface area contributed by atoms with Crippen LogP contribution in [0.2, 0.25) is 0 Å². The lowest BCUT2D eigenvalue weighted by Gasteiger charge is -2.37. The van der Waals surface area contributed by atoms with Crippen molar-refractivity contribution in [3.63, 3.8) is 0 Å². The molecule has 1 aliphatic carbocycles. The van der Waals surface area contributed by atoms with E-state index < -0.39 is 28.5 Å². The molecule has 3 aromatic rings. The van der Waals surface area contributed by atoms with E-state index >= 15 is 0 Å². The van der Waals surface area contributed by atoms with Crippen LogP contribution >= 0.6 is 0 Å². The molecule has 0 spiro atoms. The summed E-state index contributed by atoms with van der Waals surface area (Å²) in [4.78, 5) is 30.6. The van der Waals surface area contributed by atoms with Gasteiger partial charge in [0.1, 0.15) is 0 Å². The molecule has 2 aromatic carbocycles. The fourth-order valence-corrected chi connectivity index (χ4v) is 5.22. The maximum Gasteiger partial charge on any atom is 0.339 e. The molecule has 0 unspecified atom stereocenters. The van der Waals surface area contributed by atoms with E-state index in [9.17, 15) is 18.0 Å². The number of hydrogen-bond acceptors (Lipinski definition) is 6. The van der Waals surface area contributed by atoms with Crippen LogP contribution in [0.3, 0.4) is 0 Å². The maximum atomic E-state index is 13.4. The summed E-state index contributed by atoms with van der Waals surface area (Å²) in [7, 11) is -3.83. The number of aryl methyl sites for hydroxylation is 1. The number of carbonyl (C=O) groups is 2. The molecule has 4 rings (SSSR count). The number of rotatable bonds is 7. The van der Waals surface area contributed by atoms with E-state index in [1.807, 2.05) is 24.3 Å². The fourth-order valence-electron chi connectivity index (χ4n) is 4.71. The van der Waals surface area contributed by atoms with Crippen LogP contribution in [0.5, 0.6) is 0 Å². The Labute approximate surface area is 211 Å². The van der Waals surface area contributed by atoms with Crippen LogP contribution in [-0.4, -0.2) is 31.9 Å². The average Bonchev–Trinajstić information content (AvgIpc) is 2.85. The smallest absolute Gasteiger partial charge is 0.339 e. The summed E-state index contributed by atoms with van der Waals surface area (Å²) in [6.45, 7) is 6.22. The van der Waals surface area contributed by atoms with Crippen molar-refractivity contribution in [2.75, 3.05) is 11.9 Å². The van der Waals surface area contributed by atoms with Crippen LogP contribution in [0, 0.1) is 11.3 Å². The standard InChI is InChI=1S/C27H31N3O5S/c1-4-27(2,3)17-9-14-23-21(15-17)25(20-7-5-6-8-22(20)30-23)26(32)35-16-24(31)29-18-10-12-19(13-11-18)36(28,33)34/h5-8,10-13,17H,4,9,14-16H2,1-3H3,(H,29,31)(H2,28,33,34)/t17-/m1/s1. The van der Waals surface area contributed by atoms with Crippen molar-refractivity contribution in [3.8, 4) is 0 Å². The van der Waals surface area contributed by atoms with Crippen molar-refractivity contribution in [1.29, 1.82) is 0 Å². The van der Waals surface area contributed by atoms with E-state index in [-0.39, 0.29) is 10.3 Å². The molecule has 8 nitrogen and oxygen atoms in total. The zero-order chi connectivity index (χ0) is 26.1. The molecular formula is C27H31N3O5S. The van der Waals surface area contributed by atoms with Crippen molar-refractivity contribution in [1.82, 2.24) is 4.98 Å². The molecule has 3 N–H and O–H groups in total. The first-order valence-corrected chi connectivity index (χ1v) is 13.5. The second-order valence-corrected chi connectivity index (χ2v) is 11.5. The minimum Gasteiger partial charge on any atom is -0.452 e. The molecule has 1 aromatic heterocycles. The average molecular weight is 510 g/mol. The Balaban J connectivity index is 1.55. The number of hydrogen-bond donors (Lipinski definition) is 2. The number of anilines is 1. The number of carbonyl (C=O) groups excluding carboxylic acids is 2. The quantitative estimate of drug-likeness (QED) is 0.459. The van der Waals surface area contributed by atoms with Gasteiger partial charge in [-0.15, -0.1) is 0 Å². The molecule has 0 aliphatic heterocycles. The Bertz CT molecular complexity index is 1420. The van der Waals surface area contributed by atoms with Gasteiger partial charge < -0.3 is 10.1 Å². The highest BCUT2D eigenvalue weighted by Crippen LogP contribution is 2.41. The molecule has 1 amide bonds. The third-order valence-corrected chi connectivity index (χ3v) is 8.21. The number of nitrogens with two attached hydrogens (primary N) is 1. The molecule has 0 saturated heterocycles. The molecule has 1 aliphatic rings. The Kier molecular flexibility index (Phi) is 7.15. The number of aromatic nitrogens is 1. The molecule has 1 heterocycles. The highest BCUT2D eigenvalue weighted by Gasteiger charge is 2.34. The lowest BCUT2D eigenvalue weighted by Crippen LogP contribution is -2.31. The van der Waals surface area contributed by atoms with Gasteiger partial charge in [-0.3, -0.25) is 9.78 Å². The van der Waals surface area contributed by atoms with E-state index in [0.717, 1.165) is 47.8 Å². The SMILES string of the molecule is CCC(C)(C)[C@@H]1CCc2nc3ccccc3c(C(=O)OCC(=O)Nc3ccc(S(N)(=O)=O)cc3)c2C1.